The van der Waals surface area contributed by atoms with Crippen LogP contribution in [0.4, 0.5) is 11.5 Å². The Balaban J connectivity index is 2.44. The molecule has 2 aromatic rings. The van der Waals surface area contributed by atoms with Gasteiger partial charge in [0.25, 0.3) is 0 Å². The van der Waals surface area contributed by atoms with Gasteiger partial charge in [-0.15, -0.1) is 0 Å². The van der Waals surface area contributed by atoms with Crippen LogP contribution in [0.15, 0.2) is 34.9 Å². The average Bonchev–Trinajstić information content (AvgIpc) is 2.35. The van der Waals surface area contributed by atoms with Crippen molar-refractivity contribution in [1.29, 1.82) is 5.26 Å². The van der Waals surface area contributed by atoms with Gasteiger partial charge in [-0.05, 0) is 43.2 Å². The molecule has 0 aliphatic carbocycles. The highest BCUT2D eigenvalue weighted by molar-refractivity contribution is 9.10. The van der Waals surface area contributed by atoms with Crippen LogP contribution in [-0.2, 0) is 0 Å². The molecule has 4 heteroatoms. The summed E-state index contributed by atoms with van der Waals surface area (Å²) in [5.74, 6) is 0.596. The van der Waals surface area contributed by atoms with Crippen LogP contribution in [0, 0.1) is 25.2 Å². The summed E-state index contributed by atoms with van der Waals surface area (Å²) < 4.78 is 1.03. The van der Waals surface area contributed by atoms with Crippen molar-refractivity contribution in [1.82, 2.24) is 4.98 Å². The van der Waals surface area contributed by atoms with Gasteiger partial charge in [0.1, 0.15) is 11.9 Å². The van der Waals surface area contributed by atoms with E-state index in [0.29, 0.717) is 11.4 Å². The number of halogens is 1. The van der Waals surface area contributed by atoms with Crippen LogP contribution in [0.2, 0.25) is 0 Å². The maximum atomic E-state index is 9.16. The fourth-order valence-electron chi connectivity index (χ4n) is 1.66. The van der Waals surface area contributed by atoms with Gasteiger partial charge in [-0.3, -0.25) is 0 Å². The molecular formula is C14H12BrN3. The van der Waals surface area contributed by atoms with E-state index in [4.69, 9.17) is 5.26 Å². The average molecular weight is 302 g/mol. The summed E-state index contributed by atoms with van der Waals surface area (Å²) in [6.45, 7) is 3.91. The largest absolute Gasteiger partial charge is 0.339 e. The molecule has 0 unspecified atom stereocenters. The zero-order valence-corrected chi connectivity index (χ0v) is 11.7. The van der Waals surface area contributed by atoms with E-state index in [-0.39, 0.29) is 0 Å². The third-order valence-electron chi connectivity index (χ3n) is 2.79. The summed E-state index contributed by atoms with van der Waals surface area (Å²) in [7, 11) is 0. The van der Waals surface area contributed by atoms with Crippen molar-refractivity contribution in [2.45, 2.75) is 13.8 Å². The zero-order valence-electron chi connectivity index (χ0n) is 10.2. The Morgan fingerprint density at radius 3 is 2.78 bits per heavy atom. The van der Waals surface area contributed by atoms with Crippen molar-refractivity contribution in [3.05, 3.63) is 51.6 Å². The predicted molar refractivity (Wildman–Crippen MR) is 75.9 cm³/mol. The molecule has 0 saturated carbocycles. The maximum Gasteiger partial charge on any atom is 0.148 e. The first-order valence-corrected chi connectivity index (χ1v) is 6.30. The van der Waals surface area contributed by atoms with Crippen LogP contribution in [0.3, 0.4) is 0 Å². The third-order valence-corrected chi connectivity index (χ3v) is 3.65. The molecule has 0 radical (unpaired) electrons. The Bertz CT molecular complexity index is 629. The number of aryl methyl sites for hydroxylation is 1. The summed E-state index contributed by atoms with van der Waals surface area (Å²) in [4.78, 5) is 4.23. The first-order valence-electron chi connectivity index (χ1n) is 5.51. The molecule has 1 aromatic heterocycles. The molecule has 0 atom stereocenters. The van der Waals surface area contributed by atoms with Crippen LogP contribution < -0.4 is 5.32 Å². The van der Waals surface area contributed by atoms with Gasteiger partial charge >= 0.3 is 0 Å². The normalized spacial score (nSPS) is 9.89. The lowest BCUT2D eigenvalue weighted by Crippen LogP contribution is -2.00. The number of anilines is 2. The minimum Gasteiger partial charge on any atom is -0.339 e. The highest BCUT2D eigenvalue weighted by Crippen LogP contribution is 2.27. The second kappa shape index (κ2) is 5.19. The van der Waals surface area contributed by atoms with Crippen molar-refractivity contribution in [2.75, 3.05) is 5.32 Å². The predicted octanol–water partition coefficient (Wildman–Crippen LogP) is 4.08. The number of nitrogens with one attached hydrogen (secondary N) is 1. The van der Waals surface area contributed by atoms with Gasteiger partial charge in [-0.25, -0.2) is 4.98 Å². The van der Waals surface area contributed by atoms with Gasteiger partial charge in [0.2, 0.25) is 0 Å². The lowest BCUT2D eigenvalue weighted by atomic mass is 10.1. The van der Waals surface area contributed by atoms with E-state index in [1.807, 2.05) is 38.1 Å². The molecule has 90 valence electrons. The van der Waals surface area contributed by atoms with Crippen LogP contribution in [-0.4, -0.2) is 4.98 Å². The van der Waals surface area contributed by atoms with E-state index in [1.165, 1.54) is 0 Å². The molecule has 3 nitrogen and oxygen atoms in total. The number of rotatable bonds is 2. The van der Waals surface area contributed by atoms with Crippen molar-refractivity contribution >= 4 is 27.4 Å². The lowest BCUT2D eigenvalue weighted by molar-refractivity contribution is 1.24. The van der Waals surface area contributed by atoms with Crippen LogP contribution >= 0.6 is 15.9 Å². The highest BCUT2D eigenvalue weighted by atomic mass is 79.9. The second-order valence-corrected chi connectivity index (χ2v) is 4.85. The molecule has 0 amide bonds. The molecule has 0 bridgehead atoms. The molecule has 18 heavy (non-hydrogen) atoms. The van der Waals surface area contributed by atoms with E-state index in [2.05, 4.69) is 32.3 Å². The fraction of sp³-hybridized carbons (Fsp3) is 0.143. The Morgan fingerprint density at radius 2 is 2.06 bits per heavy atom. The Hall–Kier alpha value is -1.86. The standard InChI is InChI=1S/C14H12BrN3/c1-9-6-7-17-14(11(9)8-16)18-13-5-3-4-12(15)10(13)2/h3-7H,1-2H3,(H,17,18). The van der Waals surface area contributed by atoms with E-state index in [9.17, 15) is 0 Å². The van der Waals surface area contributed by atoms with Crippen molar-refractivity contribution in [3.63, 3.8) is 0 Å². The fourth-order valence-corrected chi connectivity index (χ4v) is 2.03. The molecule has 0 spiro atoms. The lowest BCUT2D eigenvalue weighted by Gasteiger charge is -2.11. The number of nitrogens with zero attached hydrogens (tertiary/aromatic N) is 2. The Morgan fingerprint density at radius 1 is 1.28 bits per heavy atom. The SMILES string of the molecule is Cc1ccnc(Nc2cccc(Br)c2C)c1C#N. The van der Waals surface area contributed by atoms with Crippen LogP contribution in [0.25, 0.3) is 0 Å². The quantitative estimate of drug-likeness (QED) is 0.909. The second-order valence-electron chi connectivity index (χ2n) is 4.00. The van der Waals surface area contributed by atoms with Crippen molar-refractivity contribution < 1.29 is 0 Å². The number of hydrogen-bond acceptors (Lipinski definition) is 3. The maximum absolute atomic E-state index is 9.16. The van der Waals surface area contributed by atoms with E-state index < -0.39 is 0 Å². The molecule has 2 rings (SSSR count). The topological polar surface area (TPSA) is 48.7 Å². The molecule has 0 aliphatic rings. The van der Waals surface area contributed by atoms with Gasteiger partial charge in [0.05, 0.1) is 5.56 Å². The van der Waals surface area contributed by atoms with Gasteiger partial charge in [0.15, 0.2) is 0 Å². The third kappa shape index (κ3) is 2.36. The highest BCUT2D eigenvalue weighted by Gasteiger charge is 2.08. The van der Waals surface area contributed by atoms with Crippen LogP contribution in [0.5, 0.6) is 0 Å². The molecule has 0 fully saturated rings. The molecule has 1 heterocycles. The number of pyridine rings is 1. The number of hydrogen-bond donors (Lipinski definition) is 1. The van der Waals surface area contributed by atoms with Gasteiger partial charge in [0, 0.05) is 16.4 Å². The van der Waals surface area contributed by atoms with Gasteiger partial charge in [-0.1, -0.05) is 22.0 Å². The molecular weight excluding hydrogens is 290 g/mol. The molecule has 0 aliphatic heterocycles. The minimum atomic E-state index is 0.580. The Kier molecular flexibility index (Phi) is 3.63. The van der Waals surface area contributed by atoms with Crippen molar-refractivity contribution in [2.24, 2.45) is 0 Å². The van der Waals surface area contributed by atoms with E-state index in [0.717, 1.165) is 21.3 Å². The van der Waals surface area contributed by atoms with E-state index >= 15 is 0 Å². The summed E-state index contributed by atoms with van der Waals surface area (Å²) >= 11 is 3.48. The molecule has 1 aromatic carbocycles. The van der Waals surface area contributed by atoms with Crippen molar-refractivity contribution in [3.8, 4) is 6.07 Å². The van der Waals surface area contributed by atoms with Gasteiger partial charge in [-0.2, -0.15) is 5.26 Å². The summed E-state index contributed by atoms with van der Waals surface area (Å²) in [5.41, 5.74) is 3.53. The molecule has 1 N–H and O–H groups in total. The molecule has 0 saturated heterocycles. The zero-order chi connectivity index (χ0) is 13.1. The Labute approximate surface area is 115 Å². The smallest absolute Gasteiger partial charge is 0.148 e. The summed E-state index contributed by atoms with van der Waals surface area (Å²) in [6, 6.07) is 9.90. The van der Waals surface area contributed by atoms with Crippen LogP contribution in [0.1, 0.15) is 16.7 Å². The number of aromatic nitrogens is 1. The first kappa shape index (κ1) is 12.6. The first-order chi connectivity index (χ1) is 8.63. The van der Waals surface area contributed by atoms with E-state index in [1.54, 1.807) is 6.20 Å². The number of benzene rings is 1. The monoisotopic (exact) mass is 301 g/mol. The van der Waals surface area contributed by atoms with Gasteiger partial charge < -0.3 is 5.32 Å². The minimum absolute atomic E-state index is 0.580. The summed E-state index contributed by atoms with van der Waals surface area (Å²) in [5, 5.41) is 12.4. The summed E-state index contributed by atoms with van der Waals surface area (Å²) in [6.07, 6.45) is 1.70. The number of nitriles is 1.